The van der Waals surface area contributed by atoms with E-state index >= 15 is 0 Å². The molecule has 1 saturated heterocycles. The first-order valence-corrected chi connectivity index (χ1v) is 5.83. The molecule has 2 N–H and O–H groups in total. The van der Waals surface area contributed by atoms with Crippen molar-refractivity contribution < 1.29 is 4.74 Å². The average Bonchev–Trinajstić information content (AvgIpc) is 2.68. The average molecular weight is 220 g/mol. The number of nitrogen functional groups attached to an aromatic ring is 1. The van der Waals surface area contributed by atoms with Crippen LogP contribution in [0.3, 0.4) is 0 Å². The number of anilines is 1. The predicted molar refractivity (Wildman–Crippen MR) is 66.1 cm³/mol. The van der Waals surface area contributed by atoms with Gasteiger partial charge in [0, 0.05) is 24.9 Å². The van der Waals surface area contributed by atoms with Crippen LogP contribution in [0.15, 0.2) is 24.3 Å². The third kappa shape index (κ3) is 2.36. The summed E-state index contributed by atoms with van der Waals surface area (Å²) in [4.78, 5) is 2.34. The summed E-state index contributed by atoms with van der Waals surface area (Å²) in [7, 11) is 2.14. The van der Waals surface area contributed by atoms with E-state index in [9.17, 15) is 0 Å². The Morgan fingerprint density at radius 1 is 1.44 bits per heavy atom. The fraction of sp³-hybridized carbons (Fsp3) is 0.538. The van der Waals surface area contributed by atoms with Crippen LogP contribution in [0.4, 0.5) is 5.69 Å². The van der Waals surface area contributed by atoms with Crippen LogP contribution in [0.2, 0.25) is 0 Å². The van der Waals surface area contributed by atoms with Gasteiger partial charge in [0.15, 0.2) is 0 Å². The molecule has 1 aliphatic heterocycles. The van der Waals surface area contributed by atoms with E-state index in [1.54, 1.807) is 0 Å². The molecule has 1 heterocycles. The van der Waals surface area contributed by atoms with Crippen molar-refractivity contribution in [2.45, 2.75) is 32.0 Å². The van der Waals surface area contributed by atoms with Gasteiger partial charge in [0.25, 0.3) is 0 Å². The summed E-state index contributed by atoms with van der Waals surface area (Å²) in [6.07, 6.45) is 1.44. The number of ether oxygens (including phenoxy) is 1. The minimum atomic E-state index is 0.329. The highest BCUT2D eigenvalue weighted by Crippen LogP contribution is 2.21. The molecule has 0 aliphatic carbocycles. The van der Waals surface area contributed by atoms with Crippen molar-refractivity contribution in [3.8, 4) is 0 Å². The van der Waals surface area contributed by atoms with Crippen molar-refractivity contribution >= 4 is 5.69 Å². The van der Waals surface area contributed by atoms with Crippen molar-refractivity contribution in [2.75, 3.05) is 19.4 Å². The highest BCUT2D eigenvalue weighted by atomic mass is 16.5. The van der Waals surface area contributed by atoms with Crippen LogP contribution >= 0.6 is 0 Å². The fourth-order valence-electron chi connectivity index (χ4n) is 2.36. The van der Waals surface area contributed by atoms with Crippen LogP contribution in [-0.4, -0.2) is 30.7 Å². The quantitative estimate of drug-likeness (QED) is 0.790. The number of rotatable bonds is 3. The SMILES string of the molecule is CC1OCCC1N(C)Cc1ccccc1N. The molecule has 2 rings (SSSR count). The Hall–Kier alpha value is -1.06. The Labute approximate surface area is 97.2 Å². The van der Waals surface area contributed by atoms with Crippen LogP contribution in [0, 0.1) is 0 Å². The van der Waals surface area contributed by atoms with E-state index in [0.717, 1.165) is 25.3 Å². The van der Waals surface area contributed by atoms with Crippen LogP contribution in [0.1, 0.15) is 18.9 Å². The number of benzene rings is 1. The van der Waals surface area contributed by atoms with E-state index in [-0.39, 0.29) is 0 Å². The van der Waals surface area contributed by atoms with E-state index in [0.29, 0.717) is 12.1 Å². The lowest BCUT2D eigenvalue weighted by atomic mass is 10.1. The van der Waals surface area contributed by atoms with Gasteiger partial charge in [-0.15, -0.1) is 0 Å². The topological polar surface area (TPSA) is 38.5 Å². The second-order valence-electron chi connectivity index (χ2n) is 4.55. The van der Waals surface area contributed by atoms with E-state index in [2.05, 4.69) is 24.9 Å². The van der Waals surface area contributed by atoms with Gasteiger partial charge in [-0.25, -0.2) is 0 Å². The highest BCUT2D eigenvalue weighted by molar-refractivity contribution is 5.46. The van der Waals surface area contributed by atoms with E-state index in [1.807, 2.05) is 18.2 Å². The number of para-hydroxylation sites is 1. The van der Waals surface area contributed by atoms with Gasteiger partial charge in [-0.05, 0) is 32.0 Å². The summed E-state index contributed by atoms with van der Waals surface area (Å²) in [6.45, 7) is 3.91. The molecule has 0 saturated carbocycles. The standard InChI is InChI=1S/C13H20N2O/c1-10-13(7-8-16-10)15(2)9-11-5-3-4-6-12(11)14/h3-6,10,13H,7-9,14H2,1-2H3. The maximum Gasteiger partial charge on any atom is 0.0703 e. The lowest BCUT2D eigenvalue weighted by molar-refractivity contribution is 0.0815. The number of hydrogen-bond donors (Lipinski definition) is 1. The summed E-state index contributed by atoms with van der Waals surface area (Å²) >= 11 is 0. The third-order valence-electron chi connectivity index (χ3n) is 3.38. The minimum Gasteiger partial charge on any atom is -0.398 e. The van der Waals surface area contributed by atoms with Gasteiger partial charge in [0.1, 0.15) is 0 Å². The lowest BCUT2D eigenvalue weighted by Crippen LogP contribution is -2.36. The monoisotopic (exact) mass is 220 g/mol. The lowest BCUT2D eigenvalue weighted by Gasteiger charge is -2.27. The first-order valence-electron chi connectivity index (χ1n) is 5.83. The summed E-state index contributed by atoms with van der Waals surface area (Å²) in [6, 6.07) is 8.57. The molecule has 0 radical (unpaired) electrons. The van der Waals surface area contributed by atoms with Crippen molar-refractivity contribution in [1.82, 2.24) is 4.90 Å². The molecule has 2 atom stereocenters. The van der Waals surface area contributed by atoms with Gasteiger partial charge in [-0.2, -0.15) is 0 Å². The fourth-order valence-corrected chi connectivity index (χ4v) is 2.36. The predicted octanol–water partition coefficient (Wildman–Crippen LogP) is 1.88. The molecule has 1 fully saturated rings. The minimum absolute atomic E-state index is 0.329. The largest absolute Gasteiger partial charge is 0.398 e. The maximum absolute atomic E-state index is 5.94. The van der Waals surface area contributed by atoms with Crippen LogP contribution < -0.4 is 5.73 Å². The Kier molecular flexibility index (Phi) is 3.46. The van der Waals surface area contributed by atoms with Crippen molar-refractivity contribution in [2.24, 2.45) is 0 Å². The maximum atomic E-state index is 5.94. The van der Waals surface area contributed by atoms with Gasteiger partial charge in [0.05, 0.1) is 6.10 Å². The second kappa shape index (κ2) is 4.85. The van der Waals surface area contributed by atoms with Crippen LogP contribution in [0.5, 0.6) is 0 Å². The molecule has 1 aliphatic rings. The number of hydrogen-bond acceptors (Lipinski definition) is 3. The zero-order valence-corrected chi connectivity index (χ0v) is 10.0. The molecular formula is C13H20N2O. The molecule has 0 aromatic heterocycles. The molecule has 3 heteroatoms. The van der Waals surface area contributed by atoms with E-state index in [1.165, 1.54) is 5.56 Å². The van der Waals surface area contributed by atoms with Gasteiger partial charge >= 0.3 is 0 Å². The Morgan fingerprint density at radius 3 is 2.81 bits per heavy atom. The molecule has 0 amide bonds. The summed E-state index contributed by atoms with van der Waals surface area (Å²) in [5.74, 6) is 0. The zero-order chi connectivity index (χ0) is 11.5. The number of nitrogens with two attached hydrogens (primary N) is 1. The Morgan fingerprint density at radius 2 is 2.19 bits per heavy atom. The Bertz CT molecular complexity index is 354. The molecule has 2 unspecified atom stereocenters. The normalized spacial score (nSPS) is 25.2. The smallest absolute Gasteiger partial charge is 0.0703 e. The second-order valence-corrected chi connectivity index (χ2v) is 4.55. The van der Waals surface area contributed by atoms with Crippen molar-refractivity contribution in [3.05, 3.63) is 29.8 Å². The molecular weight excluding hydrogens is 200 g/mol. The molecule has 3 nitrogen and oxygen atoms in total. The van der Waals surface area contributed by atoms with Crippen molar-refractivity contribution in [3.63, 3.8) is 0 Å². The molecule has 1 aromatic rings. The number of nitrogens with zero attached hydrogens (tertiary/aromatic N) is 1. The third-order valence-corrected chi connectivity index (χ3v) is 3.38. The molecule has 0 spiro atoms. The zero-order valence-electron chi connectivity index (χ0n) is 10.0. The van der Waals surface area contributed by atoms with E-state index in [4.69, 9.17) is 10.5 Å². The summed E-state index contributed by atoms with van der Waals surface area (Å²) in [5.41, 5.74) is 8.02. The first kappa shape index (κ1) is 11.4. The Balaban J connectivity index is 2.02. The number of likely N-dealkylation sites (N-methyl/N-ethyl adjacent to an activating group) is 1. The molecule has 0 bridgehead atoms. The summed E-state index contributed by atoms with van der Waals surface area (Å²) in [5, 5.41) is 0. The van der Waals surface area contributed by atoms with Gasteiger partial charge in [0.2, 0.25) is 0 Å². The molecule has 88 valence electrons. The van der Waals surface area contributed by atoms with Gasteiger partial charge in [-0.1, -0.05) is 18.2 Å². The molecule has 16 heavy (non-hydrogen) atoms. The van der Waals surface area contributed by atoms with Gasteiger partial charge < -0.3 is 10.5 Å². The highest BCUT2D eigenvalue weighted by Gasteiger charge is 2.27. The van der Waals surface area contributed by atoms with Crippen molar-refractivity contribution in [1.29, 1.82) is 0 Å². The van der Waals surface area contributed by atoms with Gasteiger partial charge in [-0.3, -0.25) is 4.90 Å². The van der Waals surface area contributed by atoms with Crippen LogP contribution in [0.25, 0.3) is 0 Å². The van der Waals surface area contributed by atoms with Crippen LogP contribution in [-0.2, 0) is 11.3 Å². The van der Waals surface area contributed by atoms with E-state index < -0.39 is 0 Å². The first-order chi connectivity index (χ1) is 7.68. The summed E-state index contributed by atoms with van der Waals surface area (Å²) < 4.78 is 5.58. The molecule has 1 aromatic carbocycles.